The van der Waals surface area contributed by atoms with Gasteiger partial charge in [-0.3, -0.25) is 0 Å². The lowest BCUT2D eigenvalue weighted by Crippen LogP contribution is -2.55. The van der Waals surface area contributed by atoms with E-state index in [0.717, 1.165) is 12.0 Å². The molecule has 0 spiro atoms. The fraction of sp³-hybridized carbons (Fsp3) is 0.789. The van der Waals surface area contributed by atoms with E-state index >= 15 is 0 Å². The van der Waals surface area contributed by atoms with Crippen molar-refractivity contribution in [3.63, 3.8) is 0 Å². The molecule has 0 radical (unpaired) electrons. The summed E-state index contributed by atoms with van der Waals surface area (Å²) in [5, 5.41) is 0. The number of hydrogen-bond donors (Lipinski definition) is 0. The summed E-state index contributed by atoms with van der Waals surface area (Å²) in [6.45, 7) is 13.6. The van der Waals surface area contributed by atoms with Crippen LogP contribution in [0.4, 0.5) is 0 Å². The summed E-state index contributed by atoms with van der Waals surface area (Å²) >= 11 is 0. The quantitative estimate of drug-likeness (QED) is 0.238. The second kappa shape index (κ2) is 20.1. The van der Waals surface area contributed by atoms with E-state index in [1.54, 1.807) is 69.7 Å². The first-order valence-corrected chi connectivity index (χ1v) is 15.7. The molecule has 0 aromatic heterocycles. The smallest absolute Gasteiger partial charge is 0.377 e. The van der Waals surface area contributed by atoms with Crippen molar-refractivity contribution in [3.8, 4) is 0 Å². The molecule has 0 aliphatic carbocycles. The monoisotopic (exact) mass is 518 g/mol. The summed E-state index contributed by atoms with van der Waals surface area (Å²) in [6, 6.07) is 0. The average molecular weight is 519 g/mol. The van der Waals surface area contributed by atoms with Crippen LogP contribution in [0.1, 0.15) is 20.3 Å². The second-order valence-electron chi connectivity index (χ2n) is 6.28. The molecule has 1 atom stereocenters. The van der Waals surface area contributed by atoms with Crippen LogP contribution in [-0.4, -0.2) is 103 Å². The van der Waals surface area contributed by atoms with Crippen molar-refractivity contribution in [2.45, 2.75) is 32.5 Å². The van der Waals surface area contributed by atoms with Crippen LogP contribution in [0.3, 0.4) is 0 Å². The van der Waals surface area contributed by atoms with Gasteiger partial charge in [0.1, 0.15) is 5.73 Å². The Labute approximate surface area is 198 Å². The van der Waals surface area contributed by atoms with E-state index < -0.39 is 26.4 Å². The van der Waals surface area contributed by atoms with Gasteiger partial charge in [0, 0.05) is 70.5 Å². The van der Waals surface area contributed by atoms with Gasteiger partial charge < -0.3 is 44.6 Å². The van der Waals surface area contributed by atoms with E-state index in [1.807, 2.05) is 20.4 Å². The van der Waals surface area contributed by atoms with Crippen molar-refractivity contribution >= 4 is 26.4 Å². The maximum Gasteiger partial charge on any atom is 0.530 e. The molecule has 13 heteroatoms. The van der Waals surface area contributed by atoms with Crippen molar-refractivity contribution in [3.05, 3.63) is 24.4 Å². The number of ether oxygens (including phenoxy) is 1. The highest BCUT2D eigenvalue weighted by Crippen LogP contribution is 2.18. The molecule has 0 heterocycles. The number of hydrogen-bond acceptors (Lipinski definition) is 10. The summed E-state index contributed by atoms with van der Waals surface area (Å²) in [7, 11) is 6.87. The Morgan fingerprint density at radius 2 is 1.12 bits per heavy atom. The fourth-order valence-electron chi connectivity index (χ4n) is 2.11. The predicted molar refractivity (Wildman–Crippen MR) is 131 cm³/mol. The van der Waals surface area contributed by atoms with Gasteiger partial charge >= 0.3 is 26.4 Å². The van der Waals surface area contributed by atoms with Crippen LogP contribution in [0, 0.1) is 0 Å². The van der Waals surface area contributed by atoms with Crippen LogP contribution in [0.2, 0.25) is 6.55 Å². The highest BCUT2D eigenvalue weighted by atomic mass is 28.4. The highest BCUT2D eigenvalue weighted by Gasteiger charge is 2.47. The Bertz CT molecular complexity index is 445. The maximum atomic E-state index is 5.68. The Kier molecular flexibility index (Phi) is 22.8. The zero-order valence-electron chi connectivity index (χ0n) is 22.1. The molecule has 0 rings (SSSR count). The molecule has 0 amide bonds. The van der Waals surface area contributed by atoms with Crippen molar-refractivity contribution in [2.24, 2.45) is 0 Å². The van der Waals surface area contributed by atoms with E-state index in [-0.39, 0.29) is 5.73 Å². The minimum absolute atomic E-state index is 0.144. The third-order valence-electron chi connectivity index (χ3n) is 4.37. The third kappa shape index (κ3) is 13.4. The molecule has 194 valence electrons. The molecular weight excluding hydrogens is 472 g/mol. The van der Waals surface area contributed by atoms with E-state index in [0.29, 0.717) is 6.61 Å². The van der Waals surface area contributed by atoms with Gasteiger partial charge in [-0.25, -0.2) is 0 Å². The zero-order valence-corrected chi connectivity index (χ0v) is 25.1. The third-order valence-corrected chi connectivity index (χ3v) is 11.9. The molecule has 0 saturated heterocycles. The van der Waals surface area contributed by atoms with Crippen LogP contribution >= 0.6 is 0 Å². The molecule has 32 heavy (non-hydrogen) atoms. The Hall–Kier alpha value is -0.269. The zero-order chi connectivity index (χ0) is 25.8. The molecular formula is C19H46O10Si3. The van der Waals surface area contributed by atoms with Crippen molar-refractivity contribution in [1.82, 2.24) is 0 Å². The molecule has 1 unspecified atom stereocenters. The first-order valence-electron chi connectivity index (χ1n) is 9.84. The molecule has 0 aliphatic heterocycles. The number of rotatable bonds is 15. The SMILES string of the molecule is C=C(C)COC(CC)[Si](OC)(OC)OC.C=C[Si](OC)(OC)OC.CO[Si](C)(OC)OC. The van der Waals surface area contributed by atoms with E-state index in [2.05, 4.69) is 13.2 Å². The van der Waals surface area contributed by atoms with Gasteiger partial charge in [0.25, 0.3) is 0 Å². The summed E-state index contributed by atoms with van der Waals surface area (Å²) < 4.78 is 51.4. The summed E-state index contributed by atoms with van der Waals surface area (Å²) in [5.41, 5.74) is 2.40. The van der Waals surface area contributed by atoms with Crippen LogP contribution in [0.25, 0.3) is 0 Å². The highest BCUT2D eigenvalue weighted by molar-refractivity contribution is 6.66. The molecule has 0 aromatic carbocycles. The normalized spacial score (nSPS) is 12.8. The summed E-state index contributed by atoms with van der Waals surface area (Å²) in [5.74, 6) is 0. The van der Waals surface area contributed by atoms with Gasteiger partial charge in [0.15, 0.2) is 0 Å². The molecule has 0 bridgehead atoms. The average Bonchev–Trinajstić information content (AvgIpc) is 2.84. The van der Waals surface area contributed by atoms with E-state index in [4.69, 9.17) is 44.6 Å². The maximum absolute atomic E-state index is 5.68. The molecule has 0 saturated carbocycles. The molecule has 0 N–H and O–H groups in total. The van der Waals surface area contributed by atoms with Crippen molar-refractivity contribution in [1.29, 1.82) is 0 Å². The molecule has 10 nitrogen and oxygen atoms in total. The summed E-state index contributed by atoms with van der Waals surface area (Å²) in [4.78, 5) is 0. The van der Waals surface area contributed by atoms with Gasteiger partial charge in [-0.2, -0.15) is 0 Å². The van der Waals surface area contributed by atoms with Gasteiger partial charge in [-0.15, -0.1) is 0 Å². The van der Waals surface area contributed by atoms with Crippen LogP contribution < -0.4 is 0 Å². The van der Waals surface area contributed by atoms with Crippen LogP contribution in [0.15, 0.2) is 24.4 Å². The van der Waals surface area contributed by atoms with Crippen LogP contribution in [0.5, 0.6) is 0 Å². The van der Waals surface area contributed by atoms with E-state index in [1.165, 1.54) is 0 Å². The lowest BCUT2D eigenvalue weighted by atomic mass is 10.4. The topological polar surface area (TPSA) is 92.3 Å². The minimum Gasteiger partial charge on any atom is -0.377 e. The van der Waals surface area contributed by atoms with Gasteiger partial charge in [-0.1, -0.05) is 25.7 Å². The predicted octanol–water partition coefficient (Wildman–Crippen LogP) is 2.86. The minimum atomic E-state index is -2.68. The fourth-order valence-corrected chi connectivity index (χ4v) is 5.68. The molecule has 0 aliphatic rings. The Balaban J connectivity index is -0.000000424. The van der Waals surface area contributed by atoms with Gasteiger partial charge in [-0.05, 0) is 19.0 Å². The summed E-state index contributed by atoms with van der Waals surface area (Å²) in [6.07, 6.45) is 0.787. The lowest BCUT2D eigenvalue weighted by molar-refractivity contribution is 0.0199. The van der Waals surface area contributed by atoms with Crippen molar-refractivity contribution in [2.75, 3.05) is 70.6 Å². The largest absolute Gasteiger partial charge is 0.530 e. The second-order valence-corrected chi connectivity index (χ2v) is 15.1. The van der Waals surface area contributed by atoms with Gasteiger partial charge in [0.05, 0.1) is 6.61 Å². The first kappa shape index (κ1) is 36.3. The molecule has 0 fully saturated rings. The standard InChI is InChI=1S/C10H22O4Si.C5H12O3Si.C4H12O3Si/c1-7-10(14-8-9(2)3)15(11-4,12-5)13-6;1-5-9(6-2,7-3)8-4;1-5-8(4,6-2)7-3/h10H,2,7-8H2,1,3-6H3;5H,1H2,2-4H3;1-4H3. The van der Waals surface area contributed by atoms with Gasteiger partial charge in [0.2, 0.25) is 0 Å². The Morgan fingerprint density at radius 1 is 0.750 bits per heavy atom. The van der Waals surface area contributed by atoms with Crippen molar-refractivity contribution < 1.29 is 44.6 Å². The Morgan fingerprint density at radius 3 is 1.25 bits per heavy atom. The van der Waals surface area contributed by atoms with Crippen LogP contribution in [-0.2, 0) is 44.6 Å². The first-order chi connectivity index (χ1) is 15.0. The van der Waals surface area contributed by atoms with E-state index in [9.17, 15) is 0 Å². The molecule has 0 aromatic rings. The lowest BCUT2D eigenvalue weighted by Gasteiger charge is -2.31.